The van der Waals surface area contributed by atoms with Crippen LogP contribution < -0.4 is 5.32 Å². The molecule has 82 valence electrons. The Balaban J connectivity index is 2.45. The van der Waals surface area contributed by atoms with Crippen molar-refractivity contribution in [3.63, 3.8) is 0 Å². The second kappa shape index (κ2) is 5.16. The van der Waals surface area contributed by atoms with E-state index in [1.165, 1.54) is 19.6 Å². The molecule has 0 aliphatic carbocycles. The van der Waals surface area contributed by atoms with Gasteiger partial charge in [-0.25, -0.2) is 4.79 Å². The highest BCUT2D eigenvalue weighted by Gasteiger charge is 2.18. The van der Waals surface area contributed by atoms with Gasteiger partial charge in [0.25, 0.3) is 0 Å². The number of carboxylic acid groups (broad SMARTS) is 1. The number of nitrogens with one attached hydrogen (secondary N) is 1. The number of hydrogen-bond donors (Lipinski definition) is 2. The van der Waals surface area contributed by atoms with Gasteiger partial charge in [0, 0.05) is 7.11 Å². The molecule has 0 spiro atoms. The summed E-state index contributed by atoms with van der Waals surface area (Å²) in [6.45, 7) is 0. The number of amides is 1. The molecule has 0 fully saturated rings. The van der Waals surface area contributed by atoms with Crippen molar-refractivity contribution in [3.05, 3.63) is 24.2 Å². The summed E-state index contributed by atoms with van der Waals surface area (Å²) in [5.41, 5.74) is 0.674. The Morgan fingerprint density at radius 3 is 2.87 bits per heavy atom. The fourth-order valence-corrected chi connectivity index (χ4v) is 0.997. The van der Waals surface area contributed by atoms with E-state index in [0.29, 0.717) is 5.56 Å². The van der Waals surface area contributed by atoms with Gasteiger partial charge in [-0.1, -0.05) is 0 Å². The molecule has 6 nitrogen and oxygen atoms in total. The van der Waals surface area contributed by atoms with Crippen LogP contribution in [0.25, 0.3) is 0 Å². The minimum atomic E-state index is -1.32. The molecular formula is C9H11NO5. The number of methoxy groups -OCH3 is 1. The number of rotatable bonds is 5. The van der Waals surface area contributed by atoms with Crippen LogP contribution in [0, 0.1) is 0 Å². The Bertz CT molecular complexity index is 332. The lowest BCUT2D eigenvalue weighted by molar-refractivity contribution is -0.153. The average molecular weight is 213 g/mol. The lowest BCUT2D eigenvalue weighted by atomic mass is 10.2. The lowest BCUT2D eigenvalue weighted by Gasteiger charge is -2.11. The SMILES string of the molecule is COC(NC(=O)Cc1ccoc1)C(=O)O. The van der Waals surface area contributed by atoms with E-state index in [1.54, 1.807) is 6.07 Å². The summed E-state index contributed by atoms with van der Waals surface area (Å²) in [4.78, 5) is 21.8. The average Bonchev–Trinajstić information content (AvgIpc) is 2.66. The zero-order valence-electron chi connectivity index (χ0n) is 8.10. The maximum Gasteiger partial charge on any atom is 0.354 e. The Labute approximate surface area is 85.8 Å². The molecule has 1 aromatic rings. The zero-order chi connectivity index (χ0) is 11.3. The topological polar surface area (TPSA) is 88.8 Å². The van der Waals surface area contributed by atoms with Crippen molar-refractivity contribution in [1.29, 1.82) is 0 Å². The molecule has 0 radical (unpaired) electrons. The maximum absolute atomic E-state index is 11.3. The van der Waals surface area contributed by atoms with Crippen LogP contribution in [0.15, 0.2) is 23.0 Å². The van der Waals surface area contributed by atoms with Crippen molar-refractivity contribution >= 4 is 11.9 Å². The summed E-state index contributed by atoms with van der Waals surface area (Å²) in [6.07, 6.45) is 1.60. The molecule has 1 atom stereocenters. The van der Waals surface area contributed by atoms with Gasteiger partial charge >= 0.3 is 5.97 Å². The third kappa shape index (κ3) is 3.43. The van der Waals surface area contributed by atoms with E-state index in [1.807, 2.05) is 0 Å². The summed E-state index contributed by atoms with van der Waals surface area (Å²) in [5, 5.41) is 10.8. The second-order valence-electron chi connectivity index (χ2n) is 2.83. The van der Waals surface area contributed by atoms with Crippen molar-refractivity contribution in [2.45, 2.75) is 12.6 Å². The quantitative estimate of drug-likeness (QED) is 0.672. The number of carbonyl (C=O) groups excluding carboxylic acids is 1. The van der Waals surface area contributed by atoms with Crippen LogP contribution in [0.3, 0.4) is 0 Å². The van der Waals surface area contributed by atoms with Crippen LogP contribution in [0.4, 0.5) is 0 Å². The Kier molecular flexibility index (Phi) is 3.87. The summed E-state index contributed by atoms with van der Waals surface area (Å²) in [5.74, 6) is -1.68. The molecule has 1 aromatic heterocycles. The van der Waals surface area contributed by atoms with Gasteiger partial charge in [-0.15, -0.1) is 0 Å². The number of carboxylic acids is 1. The van der Waals surface area contributed by atoms with Gasteiger partial charge in [0.1, 0.15) is 0 Å². The molecule has 0 aromatic carbocycles. The maximum atomic E-state index is 11.3. The number of aliphatic carboxylic acids is 1. The molecule has 0 aliphatic heterocycles. The van der Waals surface area contributed by atoms with Crippen LogP contribution in [-0.2, 0) is 20.7 Å². The van der Waals surface area contributed by atoms with E-state index >= 15 is 0 Å². The monoisotopic (exact) mass is 213 g/mol. The third-order valence-electron chi connectivity index (χ3n) is 1.70. The minimum absolute atomic E-state index is 0.0592. The second-order valence-corrected chi connectivity index (χ2v) is 2.83. The van der Waals surface area contributed by atoms with E-state index in [2.05, 4.69) is 10.1 Å². The Hall–Kier alpha value is -1.82. The first-order valence-corrected chi connectivity index (χ1v) is 4.19. The van der Waals surface area contributed by atoms with E-state index in [0.717, 1.165) is 0 Å². The highest BCUT2D eigenvalue weighted by Crippen LogP contribution is 2.00. The number of carbonyl (C=O) groups is 2. The minimum Gasteiger partial charge on any atom is -0.478 e. The van der Waals surface area contributed by atoms with Crippen molar-refractivity contribution in [3.8, 4) is 0 Å². The number of hydrogen-bond acceptors (Lipinski definition) is 4. The molecule has 6 heteroatoms. The van der Waals surface area contributed by atoms with Crippen LogP contribution in [0.2, 0.25) is 0 Å². The Morgan fingerprint density at radius 2 is 2.40 bits per heavy atom. The smallest absolute Gasteiger partial charge is 0.354 e. The largest absolute Gasteiger partial charge is 0.478 e. The molecular weight excluding hydrogens is 202 g/mol. The first-order chi connectivity index (χ1) is 7.13. The van der Waals surface area contributed by atoms with Gasteiger partial charge in [0.05, 0.1) is 18.9 Å². The highest BCUT2D eigenvalue weighted by atomic mass is 16.5. The standard InChI is InChI=1S/C9H11NO5/c1-14-8(9(12)13)10-7(11)4-6-2-3-15-5-6/h2-3,5,8H,4H2,1H3,(H,10,11)(H,12,13). The summed E-state index contributed by atoms with van der Waals surface area (Å²) < 4.78 is 9.31. The van der Waals surface area contributed by atoms with Crippen LogP contribution in [-0.4, -0.2) is 30.3 Å². The molecule has 2 N–H and O–H groups in total. The van der Waals surface area contributed by atoms with E-state index in [9.17, 15) is 9.59 Å². The predicted molar refractivity (Wildman–Crippen MR) is 49.0 cm³/mol. The molecule has 0 saturated carbocycles. The lowest BCUT2D eigenvalue weighted by Crippen LogP contribution is -2.42. The normalized spacial score (nSPS) is 12.1. The first kappa shape index (κ1) is 11.3. The molecule has 1 heterocycles. The van der Waals surface area contributed by atoms with Gasteiger partial charge in [0.2, 0.25) is 12.1 Å². The van der Waals surface area contributed by atoms with Crippen LogP contribution in [0.5, 0.6) is 0 Å². The molecule has 1 amide bonds. The number of furan rings is 1. The summed E-state index contributed by atoms with van der Waals surface area (Å²) >= 11 is 0. The van der Waals surface area contributed by atoms with Gasteiger partial charge in [0.15, 0.2) is 0 Å². The highest BCUT2D eigenvalue weighted by molar-refractivity contribution is 5.83. The first-order valence-electron chi connectivity index (χ1n) is 4.19. The molecule has 1 rings (SSSR count). The molecule has 15 heavy (non-hydrogen) atoms. The Morgan fingerprint density at radius 1 is 1.67 bits per heavy atom. The van der Waals surface area contributed by atoms with Gasteiger partial charge in [-0.3, -0.25) is 4.79 Å². The summed E-state index contributed by atoms with van der Waals surface area (Å²) in [7, 11) is 1.21. The van der Waals surface area contributed by atoms with E-state index < -0.39 is 18.1 Å². The van der Waals surface area contributed by atoms with Crippen LogP contribution in [0.1, 0.15) is 5.56 Å². The van der Waals surface area contributed by atoms with Gasteiger partial charge in [-0.2, -0.15) is 0 Å². The molecule has 1 unspecified atom stereocenters. The molecule has 0 aliphatic rings. The van der Waals surface area contributed by atoms with Crippen molar-refractivity contribution in [2.75, 3.05) is 7.11 Å². The fraction of sp³-hybridized carbons (Fsp3) is 0.333. The number of ether oxygens (including phenoxy) is 1. The van der Waals surface area contributed by atoms with Crippen molar-refractivity contribution < 1.29 is 23.8 Å². The van der Waals surface area contributed by atoms with Crippen molar-refractivity contribution in [2.24, 2.45) is 0 Å². The van der Waals surface area contributed by atoms with Crippen molar-refractivity contribution in [1.82, 2.24) is 5.32 Å². The molecule has 0 saturated heterocycles. The van der Waals surface area contributed by atoms with E-state index in [4.69, 9.17) is 9.52 Å². The third-order valence-corrected chi connectivity index (χ3v) is 1.70. The zero-order valence-corrected chi connectivity index (χ0v) is 8.10. The summed E-state index contributed by atoms with van der Waals surface area (Å²) in [6, 6.07) is 1.63. The van der Waals surface area contributed by atoms with Gasteiger partial charge in [-0.05, 0) is 11.6 Å². The fourth-order valence-electron chi connectivity index (χ4n) is 0.997. The van der Waals surface area contributed by atoms with Gasteiger partial charge < -0.3 is 19.6 Å². The van der Waals surface area contributed by atoms with Crippen LogP contribution >= 0.6 is 0 Å². The van der Waals surface area contributed by atoms with E-state index in [-0.39, 0.29) is 6.42 Å². The predicted octanol–water partition coefficient (Wildman–Crippen LogP) is -0.00460. The molecule has 0 bridgehead atoms.